The average Bonchev–Trinajstić information content (AvgIpc) is 2.66. The third kappa shape index (κ3) is 8.73. The number of hydrogen-bond donors (Lipinski definition) is 5. The van der Waals surface area contributed by atoms with Gasteiger partial charge in [-0.2, -0.15) is 0 Å². The van der Waals surface area contributed by atoms with Crippen molar-refractivity contribution in [1.82, 2.24) is 16.1 Å². The van der Waals surface area contributed by atoms with Crippen LogP contribution in [0.3, 0.4) is 0 Å². The highest BCUT2D eigenvalue weighted by Gasteiger charge is 2.28. The summed E-state index contributed by atoms with van der Waals surface area (Å²) in [4.78, 5) is 47.9. The van der Waals surface area contributed by atoms with Gasteiger partial charge in [-0.1, -0.05) is 44.2 Å². The van der Waals surface area contributed by atoms with E-state index >= 15 is 0 Å². The summed E-state index contributed by atoms with van der Waals surface area (Å²) >= 11 is 0. The molecule has 0 aromatic heterocycles. The fourth-order valence-corrected chi connectivity index (χ4v) is 2.81. The number of rotatable bonds is 11. The van der Waals surface area contributed by atoms with Crippen molar-refractivity contribution in [3.05, 3.63) is 35.9 Å². The van der Waals surface area contributed by atoms with Crippen molar-refractivity contribution < 1.29 is 29.5 Å². The Morgan fingerprint density at radius 1 is 0.966 bits per heavy atom. The van der Waals surface area contributed by atoms with E-state index in [0.717, 1.165) is 5.56 Å². The molecule has 160 valence electrons. The highest BCUT2D eigenvalue weighted by molar-refractivity contribution is 5.92. The highest BCUT2D eigenvalue weighted by Crippen LogP contribution is 2.13. The Labute approximate surface area is 169 Å². The maximum Gasteiger partial charge on any atom is 0.326 e. The van der Waals surface area contributed by atoms with Crippen molar-refractivity contribution in [2.45, 2.75) is 52.1 Å². The number of amides is 3. The van der Waals surface area contributed by atoms with Crippen LogP contribution in [-0.4, -0.2) is 46.1 Å². The summed E-state index contributed by atoms with van der Waals surface area (Å²) in [6, 6.07) is 6.98. The lowest BCUT2D eigenvalue weighted by molar-refractivity contribution is -0.142. The van der Waals surface area contributed by atoms with Crippen molar-refractivity contribution >= 4 is 23.7 Å². The summed E-state index contributed by atoms with van der Waals surface area (Å²) in [5, 5.41) is 23.0. The van der Waals surface area contributed by atoms with Crippen molar-refractivity contribution in [3.63, 3.8) is 0 Å². The van der Waals surface area contributed by atoms with Crippen LogP contribution in [-0.2, 0) is 25.6 Å². The molecule has 5 N–H and O–H groups in total. The van der Waals surface area contributed by atoms with E-state index in [-0.39, 0.29) is 25.2 Å². The Hall–Kier alpha value is -2.94. The minimum absolute atomic E-state index is 0.0635. The molecule has 29 heavy (non-hydrogen) atoms. The van der Waals surface area contributed by atoms with Crippen molar-refractivity contribution in [2.75, 3.05) is 0 Å². The molecule has 0 aliphatic rings. The van der Waals surface area contributed by atoms with Crippen LogP contribution in [0.4, 0.5) is 0 Å². The Morgan fingerprint density at radius 2 is 1.59 bits per heavy atom. The summed E-state index contributed by atoms with van der Waals surface area (Å²) in [5.74, 6) is -3.79. The van der Waals surface area contributed by atoms with Gasteiger partial charge >= 0.3 is 5.97 Å². The zero-order chi connectivity index (χ0) is 22.0. The van der Waals surface area contributed by atoms with E-state index in [1.807, 2.05) is 19.9 Å². The first-order valence-corrected chi connectivity index (χ1v) is 9.44. The molecule has 9 nitrogen and oxygen atoms in total. The van der Waals surface area contributed by atoms with Gasteiger partial charge in [-0.25, -0.2) is 10.3 Å². The van der Waals surface area contributed by atoms with E-state index in [1.165, 1.54) is 12.4 Å². The van der Waals surface area contributed by atoms with Crippen molar-refractivity contribution in [1.29, 1.82) is 0 Å². The lowest BCUT2D eigenvalue weighted by Gasteiger charge is -2.22. The first-order valence-electron chi connectivity index (χ1n) is 9.44. The molecule has 0 unspecified atom stereocenters. The fourth-order valence-electron chi connectivity index (χ4n) is 2.81. The number of benzene rings is 1. The molecule has 0 heterocycles. The standard InChI is InChI=1S/C20H29N3O6/c1-12(2)9-16(20(27)28)22-18(25)13(3)21-19(26)15(11-17(24)23-29)10-14-7-5-4-6-8-14/h4-8,12-13,15-16,29H,9-11H2,1-3H3,(H,21,26)(H,22,25)(H,23,24)(H,27,28)/t13-,15-,16-/m0/s1. The van der Waals surface area contributed by atoms with Gasteiger partial charge in [0.15, 0.2) is 0 Å². The zero-order valence-corrected chi connectivity index (χ0v) is 16.8. The number of carbonyl (C=O) groups is 4. The molecule has 3 atom stereocenters. The molecule has 3 amide bonds. The van der Waals surface area contributed by atoms with Gasteiger partial charge < -0.3 is 15.7 Å². The molecule has 0 aliphatic heterocycles. The topological polar surface area (TPSA) is 145 Å². The SMILES string of the molecule is CC(C)C[C@H](NC(=O)[C@H](C)NC(=O)[C@H](CC(=O)NO)Cc1ccccc1)C(=O)O. The molecule has 1 aromatic rings. The van der Waals surface area contributed by atoms with Gasteiger partial charge in [0.25, 0.3) is 0 Å². The van der Waals surface area contributed by atoms with Gasteiger partial charge in [0.2, 0.25) is 17.7 Å². The van der Waals surface area contributed by atoms with E-state index < -0.39 is 41.7 Å². The molecule has 0 fully saturated rings. The van der Waals surface area contributed by atoms with Gasteiger partial charge in [0.05, 0.1) is 5.92 Å². The summed E-state index contributed by atoms with van der Waals surface area (Å²) in [6.45, 7) is 5.12. The second kappa shape index (κ2) is 11.8. The number of carbonyl (C=O) groups excluding carboxylic acids is 3. The zero-order valence-electron chi connectivity index (χ0n) is 16.8. The number of hydroxylamine groups is 1. The molecule has 9 heteroatoms. The molecule has 0 radical (unpaired) electrons. The summed E-state index contributed by atoms with van der Waals surface area (Å²) in [5.41, 5.74) is 2.32. The van der Waals surface area contributed by atoms with Crippen LogP contribution in [0.1, 0.15) is 39.2 Å². The number of carboxylic acids is 1. The minimum atomic E-state index is -1.15. The maximum absolute atomic E-state index is 12.6. The van der Waals surface area contributed by atoms with Gasteiger partial charge in [0, 0.05) is 6.42 Å². The second-order valence-corrected chi connectivity index (χ2v) is 7.38. The molecule has 0 aliphatic carbocycles. The third-order valence-corrected chi connectivity index (χ3v) is 4.33. The van der Waals surface area contributed by atoms with Crippen molar-refractivity contribution in [2.24, 2.45) is 11.8 Å². The first kappa shape index (κ1) is 24.1. The molecular weight excluding hydrogens is 378 g/mol. The lowest BCUT2D eigenvalue weighted by atomic mass is 9.94. The van der Waals surface area contributed by atoms with Crippen LogP contribution >= 0.6 is 0 Å². The quantitative estimate of drug-likeness (QED) is 0.272. The second-order valence-electron chi connectivity index (χ2n) is 7.38. The van der Waals surface area contributed by atoms with Crippen LogP contribution in [0.25, 0.3) is 0 Å². The largest absolute Gasteiger partial charge is 0.480 e. The Balaban J connectivity index is 2.79. The van der Waals surface area contributed by atoms with Gasteiger partial charge in [0.1, 0.15) is 12.1 Å². The van der Waals surface area contributed by atoms with Crippen LogP contribution in [0.2, 0.25) is 0 Å². The maximum atomic E-state index is 12.6. The number of carboxylic acid groups (broad SMARTS) is 1. The molecule has 0 saturated carbocycles. The third-order valence-electron chi connectivity index (χ3n) is 4.33. The number of aliphatic carboxylic acids is 1. The predicted octanol–water partition coefficient (Wildman–Crippen LogP) is 0.861. The summed E-state index contributed by atoms with van der Waals surface area (Å²) in [6.07, 6.45) is 0.227. The van der Waals surface area contributed by atoms with E-state index in [4.69, 9.17) is 5.21 Å². The number of hydrogen-bond acceptors (Lipinski definition) is 5. The van der Waals surface area contributed by atoms with E-state index in [1.54, 1.807) is 24.3 Å². The summed E-state index contributed by atoms with van der Waals surface area (Å²) < 4.78 is 0. The molecule has 0 bridgehead atoms. The Bertz CT molecular complexity index is 707. The molecular formula is C20H29N3O6. The van der Waals surface area contributed by atoms with Crippen LogP contribution in [0, 0.1) is 11.8 Å². The van der Waals surface area contributed by atoms with Crippen LogP contribution < -0.4 is 16.1 Å². The minimum Gasteiger partial charge on any atom is -0.480 e. The first-order chi connectivity index (χ1) is 13.6. The molecule has 0 saturated heterocycles. The van der Waals surface area contributed by atoms with Crippen molar-refractivity contribution in [3.8, 4) is 0 Å². The average molecular weight is 407 g/mol. The van der Waals surface area contributed by atoms with E-state index in [0.29, 0.717) is 0 Å². The summed E-state index contributed by atoms with van der Waals surface area (Å²) in [7, 11) is 0. The van der Waals surface area contributed by atoms with Gasteiger partial charge in [-0.3, -0.25) is 19.6 Å². The highest BCUT2D eigenvalue weighted by atomic mass is 16.5. The van der Waals surface area contributed by atoms with Gasteiger partial charge in [-0.05, 0) is 31.2 Å². The monoisotopic (exact) mass is 407 g/mol. The fraction of sp³-hybridized carbons (Fsp3) is 0.500. The van der Waals surface area contributed by atoms with Gasteiger partial charge in [-0.15, -0.1) is 0 Å². The van der Waals surface area contributed by atoms with Crippen LogP contribution in [0.15, 0.2) is 30.3 Å². The molecule has 0 spiro atoms. The smallest absolute Gasteiger partial charge is 0.326 e. The lowest BCUT2D eigenvalue weighted by Crippen LogP contribution is -2.52. The number of nitrogens with one attached hydrogen (secondary N) is 3. The molecule has 1 aromatic carbocycles. The Morgan fingerprint density at radius 3 is 2.10 bits per heavy atom. The van der Waals surface area contributed by atoms with E-state index in [9.17, 15) is 24.3 Å². The predicted molar refractivity (Wildman–Crippen MR) is 105 cm³/mol. The van der Waals surface area contributed by atoms with Crippen LogP contribution in [0.5, 0.6) is 0 Å². The van der Waals surface area contributed by atoms with E-state index in [2.05, 4.69) is 10.6 Å². The Kier molecular flexibility index (Phi) is 9.81. The normalized spacial score (nSPS) is 13.8. The molecule has 1 rings (SSSR count).